The Hall–Kier alpha value is -0.780. The van der Waals surface area contributed by atoms with Crippen molar-refractivity contribution < 1.29 is 9.53 Å². The Bertz CT molecular complexity index is 471. The molecule has 0 spiro atoms. The van der Waals surface area contributed by atoms with Crippen LogP contribution in [0, 0.1) is 6.92 Å². The van der Waals surface area contributed by atoms with E-state index in [1.54, 1.807) is 0 Å². The largest absolute Gasteiger partial charge is 0.492 e. The number of hydrogen-bond acceptors (Lipinski definition) is 3. The average Bonchev–Trinajstić information content (AvgIpc) is 2.47. The second-order valence-corrected chi connectivity index (χ2v) is 6.13. The van der Waals surface area contributed by atoms with Crippen molar-refractivity contribution in [1.29, 1.82) is 0 Å². The van der Waals surface area contributed by atoms with Crippen LogP contribution in [-0.2, 0) is 4.79 Å². The quantitative estimate of drug-likeness (QED) is 0.709. The number of nitrogens with one attached hydrogen (secondary N) is 1. The number of amides is 1. The molecule has 126 valence electrons. The molecule has 22 heavy (non-hydrogen) atoms. The zero-order chi connectivity index (χ0) is 15.9. The summed E-state index contributed by atoms with van der Waals surface area (Å²) in [4.78, 5) is 12.0. The van der Waals surface area contributed by atoms with Crippen molar-refractivity contribution in [2.45, 2.75) is 45.6 Å². The number of carbonyl (C=O) groups is 1. The number of nitrogens with two attached hydrogens (primary N) is 1. The van der Waals surface area contributed by atoms with Crippen LogP contribution in [0.25, 0.3) is 0 Å². The van der Waals surface area contributed by atoms with E-state index in [9.17, 15) is 4.79 Å². The van der Waals surface area contributed by atoms with Gasteiger partial charge in [0.1, 0.15) is 5.75 Å². The van der Waals surface area contributed by atoms with Crippen LogP contribution in [-0.4, -0.2) is 24.6 Å². The molecule has 1 amide bonds. The number of carbonyl (C=O) groups excluding carboxylic acids is 1. The van der Waals surface area contributed by atoms with Crippen molar-refractivity contribution >= 4 is 34.2 Å². The van der Waals surface area contributed by atoms with Gasteiger partial charge in [0.15, 0.2) is 0 Å². The predicted molar refractivity (Wildman–Crippen MR) is 96.7 cm³/mol. The lowest BCUT2D eigenvalue weighted by molar-refractivity contribution is -0.123. The fourth-order valence-electron chi connectivity index (χ4n) is 2.10. The van der Waals surface area contributed by atoms with E-state index < -0.39 is 0 Å². The van der Waals surface area contributed by atoms with E-state index in [4.69, 9.17) is 10.5 Å². The highest BCUT2D eigenvalue weighted by molar-refractivity contribution is 9.10. The number of hydrogen-bond donors (Lipinski definition) is 2. The summed E-state index contributed by atoms with van der Waals surface area (Å²) in [5.74, 6) is 0.733. The molecule has 4 nitrogen and oxygen atoms in total. The average molecular weight is 394 g/mol. The first-order valence-corrected chi connectivity index (χ1v) is 8.15. The monoisotopic (exact) mass is 392 g/mol. The molecule has 1 aromatic rings. The first-order valence-electron chi connectivity index (χ1n) is 7.36. The summed E-state index contributed by atoms with van der Waals surface area (Å²) in [5, 5.41) is 3.03. The summed E-state index contributed by atoms with van der Waals surface area (Å²) >= 11 is 3.45. The lowest BCUT2D eigenvalue weighted by atomic mass is 9.93. The minimum absolute atomic E-state index is 0. The number of halogens is 2. The SMILES string of the molecule is CCC(CC)(CN)NC(=O)CCOc1ccc(C)cc1Br.Cl. The standard InChI is InChI=1S/C16H25BrN2O2.ClH/c1-4-16(5-2,11-18)19-15(20)8-9-21-14-7-6-12(3)10-13(14)17;/h6-7,10H,4-5,8-9,11,18H2,1-3H3,(H,19,20);1H. The molecule has 0 aliphatic heterocycles. The Morgan fingerprint density at radius 1 is 1.36 bits per heavy atom. The lowest BCUT2D eigenvalue weighted by Crippen LogP contribution is -2.53. The van der Waals surface area contributed by atoms with Crippen LogP contribution >= 0.6 is 28.3 Å². The molecule has 1 rings (SSSR count). The second-order valence-electron chi connectivity index (χ2n) is 5.27. The fraction of sp³-hybridized carbons (Fsp3) is 0.562. The number of ether oxygens (including phenoxy) is 1. The summed E-state index contributed by atoms with van der Waals surface area (Å²) in [7, 11) is 0. The molecule has 3 N–H and O–H groups in total. The molecule has 0 saturated heterocycles. The van der Waals surface area contributed by atoms with Gasteiger partial charge in [0, 0.05) is 6.54 Å². The predicted octanol–water partition coefficient (Wildman–Crippen LogP) is 3.58. The Balaban J connectivity index is 0.00000441. The molecule has 0 bridgehead atoms. The van der Waals surface area contributed by atoms with E-state index in [1.165, 1.54) is 0 Å². The lowest BCUT2D eigenvalue weighted by Gasteiger charge is -2.31. The highest BCUT2D eigenvalue weighted by Gasteiger charge is 2.25. The Kier molecular flexibility index (Phi) is 9.72. The minimum atomic E-state index is -0.290. The second kappa shape index (κ2) is 10.1. The van der Waals surface area contributed by atoms with E-state index >= 15 is 0 Å². The summed E-state index contributed by atoms with van der Waals surface area (Å²) < 4.78 is 6.54. The summed E-state index contributed by atoms with van der Waals surface area (Å²) in [6, 6.07) is 5.87. The highest BCUT2D eigenvalue weighted by Crippen LogP contribution is 2.25. The zero-order valence-electron chi connectivity index (χ0n) is 13.4. The van der Waals surface area contributed by atoms with Crippen LogP contribution in [0.1, 0.15) is 38.7 Å². The number of rotatable bonds is 8. The zero-order valence-corrected chi connectivity index (χ0v) is 15.9. The maximum atomic E-state index is 12.0. The maximum absolute atomic E-state index is 12.0. The van der Waals surface area contributed by atoms with Gasteiger partial charge in [0.2, 0.25) is 5.91 Å². The van der Waals surface area contributed by atoms with Crippen LogP contribution in [0.4, 0.5) is 0 Å². The Morgan fingerprint density at radius 2 is 2.00 bits per heavy atom. The van der Waals surface area contributed by atoms with Gasteiger partial charge < -0.3 is 15.8 Å². The van der Waals surface area contributed by atoms with Crippen LogP contribution in [0.2, 0.25) is 0 Å². The van der Waals surface area contributed by atoms with Crippen LogP contribution in [0.5, 0.6) is 5.75 Å². The van der Waals surface area contributed by atoms with Gasteiger partial charge in [0.25, 0.3) is 0 Å². The van der Waals surface area contributed by atoms with Crippen LogP contribution in [0.3, 0.4) is 0 Å². The summed E-state index contributed by atoms with van der Waals surface area (Å²) in [6.07, 6.45) is 1.98. The minimum Gasteiger partial charge on any atom is -0.492 e. The molecule has 0 aromatic heterocycles. The van der Waals surface area contributed by atoms with Crippen molar-refractivity contribution in [3.05, 3.63) is 28.2 Å². The van der Waals surface area contributed by atoms with Crippen molar-refractivity contribution in [1.82, 2.24) is 5.32 Å². The van der Waals surface area contributed by atoms with E-state index in [2.05, 4.69) is 21.2 Å². The van der Waals surface area contributed by atoms with Crippen molar-refractivity contribution in [3.63, 3.8) is 0 Å². The summed E-state index contributed by atoms with van der Waals surface area (Å²) in [6.45, 7) is 6.90. The molecule has 0 aliphatic rings. The molecule has 0 fully saturated rings. The Morgan fingerprint density at radius 3 is 2.50 bits per heavy atom. The molecule has 6 heteroatoms. The molecule has 0 saturated carbocycles. The molecule has 0 unspecified atom stereocenters. The normalized spacial score (nSPS) is 10.8. The fourth-order valence-corrected chi connectivity index (χ4v) is 2.71. The van der Waals surface area contributed by atoms with Gasteiger partial charge in [-0.05, 0) is 53.4 Å². The first-order chi connectivity index (χ1) is 9.96. The third-order valence-corrected chi connectivity index (χ3v) is 4.44. The molecular formula is C16H26BrClN2O2. The molecule has 0 radical (unpaired) electrons. The van der Waals surface area contributed by atoms with Crippen LogP contribution < -0.4 is 15.8 Å². The number of benzene rings is 1. The van der Waals surface area contributed by atoms with E-state index in [1.807, 2.05) is 39.0 Å². The van der Waals surface area contributed by atoms with Crippen LogP contribution in [0.15, 0.2) is 22.7 Å². The third kappa shape index (κ3) is 6.15. The maximum Gasteiger partial charge on any atom is 0.223 e. The molecule has 0 atom stereocenters. The van der Waals surface area contributed by atoms with Gasteiger partial charge in [0.05, 0.1) is 23.0 Å². The van der Waals surface area contributed by atoms with Crippen molar-refractivity contribution in [2.24, 2.45) is 5.73 Å². The van der Waals surface area contributed by atoms with Crippen molar-refractivity contribution in [2.75, 3.05) is 13.2 Å². The van der Waals surface area contributed by atoms with Gasteiger partial charge in [-0.2, -0.15) is 0 Å². The van der Waals surface area contributed by atoms with Gasteiger partial charge in [-0.25, -0.2) is 0 Å². The van der Waals surface area contributed by atoms with Gasteiger partial charge in [-0.15, -0.1) is 12.4 Å². The molecule has 1 aromatic carbocycles. The van der Waals surface area contributed by atoms with Crippen molar-refractivity contribution in [3.8, 4) is 5.75 Å². The van der Waals surface area contributed by atoms with Gasteiger partial charge >= 0.3 is 0 Å². The smallest absolute Gasteiger partial charge is 0.223 e. The van der Waals surface area contributed by atoms with E-state index in [0.717, 1.165) is 28.6 Å². The number of aryl methyl sites for hydroxylation is 1. The molecule has 0 heterocycles. The third-order valence-electron chi connectivity index (χ3n) is 3.82. The van der Waals surface area contributed by atoms with Gasteiger partial charge in [-0.3, -0.25) is 4.79 Å². The highest BCUT2D eigenvalue weighted by atomic mass is 79.9. The molecule has 0 aliphatic carbocycles. The first kappa shape index (κ1) is 21.2. The Labute approximate surface area is 147 Å². The molecular weight excluding hydrogens is 368 g/mol. The van der Waals surface area contributed by atoms with E-state index in [0.29, 0.717) is 19.6 Å². The topological polar surface area (TPSA) is 64.3 Å². The summed E-state index contributed by atoms with van der Waals surface area (Å²) in [5.41, 5.74) is 6.65. The van der Waals surface area contributed by atoms with E-state index in [-0.39, 0.29) is 23.9 Å². The van der Waals surface area contributed by atoms with Gasteiger partial charge in [-0.1, -0.05) is 19.9 Å².